The summed E-state index contributed by atoms with van der Waals surface area (Å²) in [6, 6.07) is 0.634. The summed E-state index contributed by atoms with van der Waals surface area (Å²) in [7, 11) is 3.66. The number of piperidine rings is 1. The van der Waals surface area contributed by atoms with Gasteiger partial charge in [0.15, 0.2) is 0 Å². The van der Waals surface area contributed by atoms with E-state index in [9.17, 15) is 4.79 Å². The first kappa shape index (κ1) is 17.1. The summed E-state index contributed by atoms with van der Waals surface area (Å²) in [6.07, 6.45) is 2.33. The van der Waals surface area contributed by atoms with Gasteiger partial charge < -0.3 is 15.1 Å². The first-order valence-corrected chi connectivity index (χ1v) is 9.26. The minimum atomic E-state index is 0.212. The Kier molecular flexibility index (Phi) is 7.29. The van der Waals surface area contributed by atoms with Crippen LogP contribution in [0.2, 0.25) is 0 Å². The van der Waals surface area contributed by atoms with Crippen molar-refractivity contribution in [3.8, 4) is 0 Å². The minimum absolute atomic E-state index is 0.212. The third-order valence-corrected chi connectivity index (χ3v) is 5.35. The van der Waals surface area contributed by atoms with Gasteiger partial charge in [-0.3, -0.25) is 9.69 Å². The van der Waals surface area contributed by atoms with Crippen LogP contribution in [0.5, 0.6) is 0 Å². The molecule has 1 amide bonds. The summed E-state index contributed by atoms with van der Waals surface area (Å²) in [5.74, 6) is 2.79. The highest BCUT2D eigenvalue weighted by atomic mass is 32.2. The SMILES string of the molecule is CN(C)C(=O)CN1CCC(NCCN2CCSCC2)CC1. The molecule has 2 saturated heterocycles. The molecule has 2 aliphatic heterocycles. The molecule has 0 unspecified atom stereocenters. The van der Waals surface area contributed by atoms with Crippen LogP contribution in [0, 0.1) is 0 Å². The Hall–Kier alpha value is -0.300. The molecular formula is C15H30N4OS. The van der Waals surface area contributed by atoms with E-state index in [-0.39, 0.29) is 5.91 Å². The number of nitrogens with zero attached hydrogens (tertiary/aromatic N) is 3. The molecule has 6 heteroatoms. The van der Waals surface area contributed by atoms with Crippen molar-refractivity contribution in [1.82, 2.24) is 20.0 Å². The van der Waals surface area contributed by atoms with Crippen molar-refractivity contribution in [2.24, 2.45) is 0 Å². The summed E-state index contributed by atoms with van der Waals surface area (Å²) in [5, 5.41) is 3.70. The Morgan fingerprint density at radius 3 is 2.43 bits per heavy atom. The molecule has 2 aliphatic rings. The monoisotopic (exact) mass is 314 g/mol. The van der Waals surface area contributed by atoms with Crippen LogP contribution in [-0.2, 0) is 4.79 Å². The number of likely N-dealkylation sites (N-methyl/N-ethyl adjacent to an activating group) is 1. The fraction of sp³-hybridized carbons (Fsp3) is 0.933. The van der Waals surface area contributed by atoms with Gasteiger partial charge in [-0.25, -0.2) is 0 Å². The lowest BCUT2D eigenvalue weighted by Gasteiger charge is -2.33. The summed E-state index contributed by atoms with van der Waals surface area (Å²) in [6.45, 7) is 7.43. The minimum Gasteiger partial charge on any atom is -0.348 e. The number of nitrogens with one attached hydrogen (secondary N) is 1. The second-order valence-corrected chi connectivity index (χ2v) is 7.47. The molecule has 0 aromatic rings. The highest BCUT2D eigenvalue weighted by Crippen LogP contribution is 2.11. The fourth-order valence-electron chi connectivity index (χ4n) is 2.88. The quantitative estimate of drug-likeness (QED) is 0.757. The van der Waals surface area contributed by atoms with Gasteiger partial charge in [0.25, 0.3) is 0 Å². The summed E-state index contributed by atoms with van der Waals surface area (Å²) >= 11 is 2.07. The molecule has 0 atom stereocenters. The molecule has 0 aromatic carbocycles. The molecule has 1 N–H and O–H groups in total. The fourth-order valence-corrected chi connectivity index (χ4v) is 3.86. The Labute approximate surface area is 133 Å². The first-order valence-electron chi connectivity index (χ1n) is 8.11. The standard InChI is InChI=1S/C15H30N4OS/c1-17(2)15(20)13-19-6-3-14(4-7-19)16-5-8-18-9-11-21-12-10-18/h14,16H,3-13H2,1-2H3. The van der Waals surface area contributed by atoms with E-state index in [0.717, 1.165) is 32.5 Å². The molecule has 122 valence electrons. The number of hydrogen-bond acceptors (Lipinski definition) is 5. The molecule has 5 nitrogen and oxygen atoms in total. The Morgan fingerprint density at radius 2 is 1.81 bits per heavy atom. The number of rotatable bonds is 6. The van der Waals surface area contributed by atoms with E-state index in [2.05, 4.69) is 26.9 Å². The molecule has 0 saturated carbocycles. The van der Waals surface area contributed by atoms with Gasteiger partial charge in [-0.05, 0) is 12.8 Å². The van der Waals surface area contributed by atoms with Gasteiger partial charge in [-0.15, -0.1) is 0 Å². The number of carbonyl (C=O) groups excluding carboxylic acids is 1. The van der Waals surface area contributed by atoms with Crippen molar-refractivity contribution in [3.63, 3.8) is 0 Å². The van der Waals surface area contributed by atoms with Crippen LogP contribution in [0.1, 0.15) is 12.8 Å². The molecular weight excluding hydrogens is 284 g/mol. The van der Waals surface area contributed by atoms with Gasteiger partial charge in [0.2, 0.25) is 5.91 Å². The van der Waals surface area contributed by atoms with Crippen LogP contribution >= 0.6 is 11.8 Å². The molecule has 0 spiro atoms. The van der Waals surface area contributed by atoms with Crippen molar-refractivity contribution in [1.29, 1.82) is 0 Å². The maximum Gasteiger partial charge on any atom is 0.236 e. The van der Waals surface area contributed by atoms with E-state index in [4.69, 9.17) is 0 Å². The Morgan fingerprint density at radius 1 is 1.14 bits per heavy atom. The van der Waals surface area contributed by atoms with E-state index in [1.165, 1.54) is 31.1 Å². The van der Waals surface area contributed by atoms with Gasteiger partial charge in [-0.1, -0.05) is 0 Å². The van der Waals surface area contributed by atoms with E-state index >= 15 is 0 Å². The van der Waals surface area contributed by atoms with Crippen molar-refractivity contribution in [3.05, 3.63) is 0 Å². The van der Waals surface area contributed by atoms with Crippen LogP contribution < -0.4 is 5.32 Å². The van der Waals surface area contributed by atoms with Gasteiger partial charge in [-0.2, -0.15) is 11.8 Å². The van der Waals surface area contributed by atoms with Gasteiger partial charge >= 0.3 is 0 Å². The molecule has 0 aromatic heterocycles. The van der Waals surface area contributed by atoms with E-state index in [1.54, 1.807) is 4.90 Å². The lowest BCUT2D eigenvalue weighted by atomic mass is 10.1. The summed E-state index contributed by atoms with van der Waals surface area (Å²) < 4.78 is 0. The maximum atomic E-state index is 11.7. The average Bonchev–Trinajstić information content (AvgIpc) is 2.50. The second-order valence-electron chi connectivity index (χ2n) is 6.25. The first-order chi connectivity index (χ1) is 10.1. The summed E-state index contributed by atoms with van der Waals surface area (Å²) in [4.78, 5) is 18.2. The summed E-state index contributed by atoms with van der Waals surface area (Å²) in [5.41, 5.74) is 0. The predicted octanol–water partition coefficient (Wildman–Crippen LogP) is 0.177. The van der Waals surface area contributed by atoms with E-state index in [0.29, 0.717) is 12.6 Å². The number of carbonyl (C=O) groups is 1. The third-order valence-electron chi connectivity index (χ3n) is 4.41. The zero-order valence-electron chi connectivity index (χ0n) is 13.5. The van der Waals surface area contributed by atoms with Crippen LogP contribution in [0.25, 0.3) is 0 Å². The predicted molar refractivity (Wildman–Crippen MR) is 89.9 cm³/mol. The van der Waals surface area contributed by atoms with Crippen LogP contribution in [-0.4, -0.2) is 98.1 Å². The third kappa shape index (κ3) is 6.14. The molecule has 2 fully saturated rings. The lowest BCUT2D eigenvalue weighted by molar-refractivity contribution is -0.130. The molecule has 2 rings (SSSR count). The smallest absolute Gasteiger partial charge is 0.236 e. The number of likely N-dealkylation sites (tertiary alicyclic amines) is 1. The highest BCUT2D eigenvalue weighted by Gasteiger charge is 2.21. The normalized spacial score (nSPS) is 22.4. The van der Waals surface area contributed by atoms with Gasteiger partial charge in [0.1, 0.15) is 0 Å². The van der Waals surface area contributed by atoms with Gasteiger partial charge in [0.05, 0.1) is 6.54 Å². The Balaban J connectivity index is 1.55. The zero-order valence-corrected chi connectivity index (χ0v) is 14.3. The molecule has 0 bridgehead atoms. The highest BCUT2D eigenvalue weighted by molar-refractivity contribution is 7.99. The van der Waals surface area contributed by atoms with Crippen molar-refractivity contribution >= 4 is 17.7 Å². The van der Waals surface area contributed by atoms with Crippen molar-refractivity contribution in [2.75, 3.05) is 71.4 Å². The molecule has 21 heavy (non-hydrogen) atoms. The number of hydrogen-bond donors (Lipinski definition) is 1. The lowest BCUT2D eigenvalue weighted by Crippen LogP contribution is -2.47. The largest absolute Gasteiger partial charge is 0.348 e. The van der Waals surface area contributed by atoms with Crippen molar-refractivity contribution < 1.29 is 4.79 Å². The number of thioether (sulfide) groups is 1. The Bertz CT molecular complexity index is 313. The molecule has 0 aliphatic carbocycles. The maximum absolute atomic E-state index is 11.7. The van der Waals surface area contributed by atoms with Crippen molar-refractivity contribution in [2.45, 2.75) is 18.9 Å². The van der Waals surface area contributed by atoms with E-state index < -0.39 is 0 Å². The zero-order chi connectivity index (χ0) is 15.1. The second kappa shape index (κ2) is 8.98. The topological polar surface area (TPSA) is 38.8 Å². The molecule has 0 radical (unpaired) electrons. The van der Waals surface area contributed by atoms with E-state index in [1.807, 2.05) is 14.1 Å². The average molecular weight is 314 g/mol. The molecule has 2 heterocycles. The van der Waals surface area contributed by atoms with Gasteiger partial charge in [0, 0.05) is 70.9 Å². The van der Waals surface area contributed by atoms with Crippen LogP contribution in [0.4, 0.5) is 0 Å². The van der Waals surface area contributed by atoms with Crippen LogP contribution in [0.15, 0.2) is 0 Å². The van der Waals surface area contributed by atoms with Crippen LogP contribution in [0.3, 0.4) is 0 Å². The number of amides is 1.